The van der Waals surface area contributed by atoms with Gasteiger partial charge in [0.1, 0.15) is 11.4 Å². The van der Waals surface area contributed by atoms with Gasteiger partial charge >= 0.3 is 0 Å². The van der Waals surface area contributed by atoms with Crippen molar-refractivity contribution in [3.8, 4) is 5.75 Å². The van der Waals surface area contributed by atoms with Gasteiger partial charge in [-0.15, -0.1) is 0 Å². The number of hydrogen-bond donors (Lipinski definition) is 1. The minimum Gasteiger partial charge on any atom is -0.497 e. The number of rotatable bonds is 5. The molecule has 1 N–H and O–H groups in total. The first-order valence-electron chi connectivity index (χ1n) is 8.16. The number of hydrogen-bond acceptors (Lipinski definition) is 3. The Hall–Kier alpha value is -1.62. The van der Waals surface area contributed by atoms with Crippen LogP contribution in [0.2, 0.25) is 0 Å². The van der Waals surface area contributed by atoms with E-state index in [4.69, 9.17) is 9.84 Å². The van der Waals surface area contributed by atoms with Gasteiger partial charge in [0.05, 0.1) is 13.7 Å². The maximum Gasteiger partial charge on any atom is 0.225 e. The first-order chi connectivity index (χ1) is 11.0. The molecule has 0 aromatic heterocycles. The molecule has 1 amide bonds. The van der Waals surface area contributed by atoms with Crippen LogP contribution < -0.4 is 4.74 Å². The Kier molecular flexibility index (Phi) is 4.32. The van der Waals surface area contributed by atoms with E-state index >= 15 is 0 Å². The normalized spacial score (nSPS) is 32.6. The zero-order valence-electron chi connectivity index (χ0n) is 13.7. The fraction of sp³-hybridized carbons (Fsp3) is 0.611. The maximum atomic E-state index is 13.7. The molecule has 126 valence electrons. The lowest BCUT2D eigenvalue weighted by atomic mass is 9.70. The van der Waals surface area contributed by atoms with Crippen LogP contribution in [0.25, 0.3) is 0 Å². The van der Waals surface area contributed by atoms with Crippen molar-refractivity contribution in [1.29, 1.82) is 0 Å². The highest BCUT2D eigenvalue weighted by molar-refractivity contribution is 5.80. The zero-order valence-corrected chi connectivity index (χ0v) is 13.7. The Balaban J connectivity index is 1.52. The monoisotopic (exact) mass is 321 g/mol. The summed E-state index contributed by atoms with van der Waals surface area (Å²) in [6, 6.07) is 8.28. The standard InChI is InChI=1S/C18H24FNO3/c1-20(17(22)14-9-18(19,10-14)11-21)15-6-13(7-15)12-4-3-5-16(8-12)23-2/h3-5,8,13-15,21H,6-7,9-11H2,1-2H3. The van der Waals surface area contributed by atoms with Crippen LogP contribution in [0.5, 0.6) is 5.75 Å². The second-order valence-electron chi connectivity index (χ2n) is 6.96. The van der Waals surface area contributed by atoms with Crippen LogP contribution in [0.1, 0.15) is 37.2 Å². The number of halogens is 1. The van der Waals surface area contributed by atoms with E-state index in [1.54, 1.807) is 12.0 Å². The number of amides is 1. The highest BCUT2D eigenvalue weighted by Crippen LogP contribution is 2.44. The smallest absolute Gasteiger partial charge is 0.225 e. The van der Waals surface area contributed by atoms with E-state index in [0.29, 0.717) is 5.92 Å². The molecule has 1 aromatic rings. The fourth-order valence-electron chi connectivity index (χ4n) is 3.67. The van der Waals surface area contributed by atoms with Crippen molar-refractivity contribution < 1.29 is 19.0 Å². The van der Waals surface area contributed by atoms with Gasteiger partial charge in [0, 0.05) is 19.0 Å². The van der Waals surface area contributed by atoms with E-state index in [-0.39, 0.29) is 30.7 Å². The van der Waals surface area contributed by atoms with Crippen LogP contribution in [-0.4, -0.2) is 48.4 Å². The molecule has 4 nitrogen and oxygen atoms in total. The molecule has 0 radical (unpaired) electrons. The van der Waals surface area contributed by atoms with Crippen molar-refractivity contribution in [1.82, 2.24) is 4.90 Å². The average Bonchev–Trinajstić information content (AvgIpc) is 2.49. The summed E-state index contributed by atoms with van der Waals surface area (Å²) < 4.78 is 19.0. The number of ether oxygens (including phenoxy) is 1. The third kappa shape index (κ3) is 3.07. The molecule has 0 heterocycles. The van der Waals surface area contributed by atoms with Crippen molar-refractivity contribution in [3.05, 3.63) is 29.8 Å². The highest BCUT2D eigenvalue weighted by Gasteiger charge is 2.49. The third-order valence-electron chi connectivity index (χ3n) is 5.43. The largest absolute Gasteiger partial charge is 0.497 e. The number of carbonyl (C=O) groups excluding carboxylic acids is 1. The molecule has 0 unspecified atom stereocenters. The summed E-state index contributed by atoms with van der Waals surface area (Å²) in [5.41, 5.74) is -0.294. The SMILES string of the molecule is COc1cccc(C2CC(N(C)C(=O)C3CC(F)(CO)C3)C2)c1. The Labute approximate surface area is 136 Å². The van der Waals surface area contributed by atoms with Gasteiger partial charge < -0.3 is 14.7 Å². The average molecular weight is 321 g/mol. The second kappa shape index (κ2) is 6.11. The lowest BCUT2D eigenvalue weighted by Gasteiger charge is -2.46. The number of alkyl halides is 1. The molecule has 3 rings (SSSR count). The van der Waals surface area contributed by atoms with Gasteiger partial charge in [-0.05, 0) is 49.3 Å². The number of carbonyl (C=O) groups is 1. The minimum atomic E-state index is -1.54. The summed E-state index contributed by atoms with van der Waals surface area (Å²) in [4.78, 5) is 14.1. The van der Waals surface area contributed by atoms with E-state index in [0.717, 1.165) is 18.6 Å². The van der Waals surface area contributed by atoms with Gasteiger partial charge in [-0.3, -0.25) is 4.79 Å². The summed E-state index contributed by atoms with van der Waals surface area (Å²) in [6.07, 6.45) is 2.17. The Morgan fingerprint density at radius 3 is 2.74 bits per heavy atom. The maximum absolute atomic E-state index is 13.7. The van der Waals surface area contributed by atoms with E-state index in [2.05, 4.69) is 6.07 Å². The van der Waals surface area contributed by atoms with Crippen LogP contribution in [0, 0.1) is 5.92 Å². The lowest BCUT2D eigenvalue weighted by Crippen LogP contribution is -2.53. The minimum absolute atomic E-state index is 0.0146. The molecule has 2 saturated carbocycles. The predicted molar refractivity (Wildman–Crippen MR) is 85.2 cm³/mol. The molecule has 2 aliphatic carbocycles. The molecule has 5 heteroatoms. The third-order valence-corrected chi connectivity index (χ3v) is 5.43. The van der Waals surface area contributed by atoms with Gasteiger partial charge in [-0.25, -0.2) is 4.39 Å². The van der Waals surface area contributed by atoms with Gasteiger partial charge in [0.2, 0.25) is 5.91 Å². The van der Waals surface area contributed by atoms with Gasteiger partial charge in [0.15, 0.2) is 0 Å². The van der Waals surface area contributed by atoms with E-state index in [1.807, 2.05) is 25.2 Å². The van der Waals surface area contributed by atoms with Crippen molar-refractivity contribution in [2.45, 2.75) is 43.3 Å². The summed E-state index contributed by atoms with van der Waals surface area (Å²) in [5.74, 6) is 1.05. The predicted octanol–water partition coefficient (Wildman–Crippen LogP) is 2.51. The Morgan fingerprint density at radius 2 is 2.13 bits per heavy atom. The summed E-state index contributed by atoms with van der Waals surface area (Å²) in [6.45, 7) is -0.484. The molecule has 23 heavy (non-hydrogen) atoms. The van der Waals surface area contributed by atoms with Crippen LogP contribution in [0.3, 0.4) is 0 Å². The fourth-order valence-corrected chi connectivity index (χ4v) is 3.67. The molecule has 0 spiro atoms. The molecule has 0 saturated heterocycles. The molecule has 1 aromatic carbocycles. The number of aliphatic hydroxyl groups is 1. The molecule has 2 aliphatic rings. The number of nitrogens with zero attached hydrogens (tertiary/aromatic N) is 1. The van der Waals surface area contributed by atoms with Gasteiger partial charge in [-0.2, -0.15) is 0 Å². The molecule has 0 bridgehead atoms. The van der Waals surface area contributed by atoms with Crippen LogP contribution in [-0.2, 0) is 4.79 Å². The summed E-state index contributed by atoms with van der Waals surface area (Å²) >= 11 is 0. The van der Waals surface area contributed by atoms with Crippen LogP contribution in [0.15, 0.2) is 24.3 Å². The van der Waals surface area contributed by atoms with Crippen LogP contribution in [0.4, 0.5) is 4.39 Å². The van der Waals surface area contributed by atoms with E-state index in [9.17, 15) is 9.18 Å². The van der Waals surface area contributed by atoms with E-state index < -0.39 is 12.3 Å². The molecule has 0 aliphatic heterocycles. The second-order valence-corrected chi connectivity index (χ2v) is 6.96. The summed E-state index contributed by atoms with van der Waals surface area (Å²) in [5, 5.41) is 8.94. The molecular formula is C18H24FNO3. The summed E-state index contributed by atoms with van der Waals surface area (Å²) in [7, 11) is 3.47. The first kappa shape index (κ1) is 16.2. The van der Waals surface area contributed by atoms with Crippen molar-refractivity contribution >= 4 is 5.91 Å². The number of aliphatic hydroxyl groups excluding tert-OH is 1. The van der Waals surface area contributed by atoms with Gasteiger partial charge in [0.25, 0.3) is 0 Å². The molecular weight excluding hydrogens is 297 g/mol. The topological polar surface area (TPSA) is 49.8 Å². The van der Waals surface area contributed by atoms with Crippen LogP contribution >= 0.6 is 0 Å². The van der Waals surface area contributed by atoms with Crippen molar-refractivity contribution in [2.24, 2.45) is 5.92 Å². The number of methoxy groups -OCH3 is 1. The quantitative estimate of drug-likeness (QED) is 0.906. The Bertz CT molecular complexity index is 579. The first-order valence-corrected chi connectivity index (χ1v) is 8.16. The lowest BCUT2D eigenvalue weighted by molar-refractivity contribution is -0.149. The highest BCUT2D eigenvalue weighted by atomic mass is 19.1. The van der Waals surface area contributed by atoms with Crippen molar-refractivity contribution in [2.75, 3.05) is 20.8 Å². The van der Waals surface area contributed by atoms with Crippen molar-refractivity contribution in [3.63, 3.8) is 0 Å². The Morgan fingerprint density at radius 1 is 1.43 bits per heavy atom. The number of benzene rings is 1. The van der Waals surface area contributed by atoms with E-state index in [1.165, 1.54) is 5.56 Å². The van der Waals surface area contributed by atoms with Gasteiger partial charge in [-0.1, -0.05) is 12.1 Å². The molecule has 2 fully saturated rings. The molecule has 0 atom stereocenters. The zero-order chi connectivity index (χ0) is 16.6.